The third kappa shape index (κ3) is 4.31. The van der Waals surface area contributed by atoms with Gasteiger partial charge in [-0.15, -0.1) is 12.3 Å². The van der Waals surface area contributed by atoms with E-state index in [-0.39, 0.29) is 11.6 Å². The number of terminal acetylenes is 1. The van der Waals surface area contributed by atoms with Crippen LogP contribution in [-0.4, -0.2) is 25.3 Å². The monoisotopic (exact) mass is 183 g/mol. The van der Waals surface area contributed by atoms with Crippen LogP contribution in [0.2, 0.25) is 0 Å². The van der Waals surface area contributed by atoms with Gasteiger partial charge in [0.15, 0.2) is 0 Å². The van der Waals surface area contributed by atoms with Crippen molar-refractivity contribution in [2.75, 3.05) is 13.7 Å². The van der Waals surface area contributed by atoms with E-state index < -0.39 is 0 Å². The topological polar surface area (TPSA) is 21.3 Å². The molecule has 1 atom stereocenters. The van der Waals surface area contributed by atoms with Crippen LogP contribution in [0.1, 0.15) is 33.6 Å². The first-order valence-electron chi connectivity index (χ1n) is 4.80. The standard InChI is InChI=1S/C11H21NO/c1-6-8-10(12-9-7-2)11(3,4)13-5/h1,10,12H,7-9H2,2-5H3. The highest BCUT2D eigenvalue weighted by atomic mass is 16.5. The average molecular weight is 183 g/mol. The fourth-order valence-electron chi connectivity index (χ4n) is 1.14. The zero-order chi connectivity index (χ0) is 10.3. The summed E-state index contributed by atoms with van der Waals surface area (Å²) >= 11 is 0. The summed E-state index contributed by atoms with van der Waals surface area (Å²) in [5.74, 6) is 2.67. The minimum Gasteiger partial charge on any atom is -0.377 e. The molecule has 2 nitrogen and oxygen atoms in total. The Bertz CT molecular complexity index is 169. The van der Waals surface area contributed by atoms with E-state index in [4.69, 9.17) is 11.2 Å². The Morgan fingerprint density at radius 3 is 2.54 bits per heavy atom. The molecular weight excluding hydrogens is 162 g/mol. The van der Waals surface area contributed by atoms with Crippen LogP contribution in [0, 0.1) is 12.3 Å². The molecule has 0 aromatic heterocycles. The van der Waals surface area contributed by atoms with Crippen molar-refractivity contribution < 1.29 is 4.74 Å². The van der Waals surface area contributed by atoms with Gasteiger partial charge in [-0.1, -0.05) is 6.92 Å². The molecule has 0 aliphatic rings. The van der Waals surface area contributed by atoms with Crippen molar-refractivity contribution in [2.24, 2.45) is 0 Å². The molecule has 0 heterocycles. The molecule has 1 N–H and O–H groups in total. The van der Waals surface area contributed by atoms with Crippen molar-refractivity contribution in [1.29, 1.82) is 0 Å². The highest BCUT2D eigenvalue weighted by Gasteiger charge is 2.27. The van der Waals surface area contributed by atoms with Gasteiger partial charge >= 0.3 is 0 Å². The summed E-state index contributed by atoms with van der Waals surface area (Å²) in [6, 6.07) is 0.238. The van der Waals surface area contributed by atoms with Gasteiger partial charge in [0.25, 0.3) is 0 Å². The first-order chi connectivity index (χ1) is 6.08. The van der Waals surface area contributed by atoms with Crippen LogP contribution in [0.5, 0.6) is 0 Å². The Balaban J connectivity index is 4.15. The molecule has 0 amide bonds. The van der Waals surface area contributed by atoms with Crippen molar-refractivity contribution in [3.05, 3.63) is 0 Å². The van der Waals surface area contributed by atoms with Crippen LogP contribution in [0.4, 0.5) is 0 Å². The lowest BCUT2D eigenvalue weighted by atomic mass is 9.96. The molecule has 76 valence electrons. The third-order valence-corrected chi connectivity index (χ3v) is 2.33. The van der Waals surface area contributed by atoms with Crippen LogP contribution >= 0.6 is 0 Å². The highest BCUT2D eigenvalue weighted by molar-refractivity contribution is 4.96. The van der Waals surface area contributed by atoms with Crippen molar-refractivity contribution in [2.45, 2.75) is 45.3 Å². The highest BCUT2D eigenvalue weighted by Crippen LogP contribution is 2.16. The fraction of sp³-hybridized carbons (Fsp3) is 0.818. The molecule has 0 saturated heterocycles. The predicted molar refractivity (Wildman–Crippen MR) is 56.6 cm³/mol. The summed E-state index contributed by atoms with van der Waals surface area (Å²) in [5, 5.41) is 3.39. The molecule has 0 saturated carbocycles. The predicted octanol–water partition coefficient (Wildman–Crippen LogP) is 1.80. The SMILES string of the molecule is C#CCC(NCCC)C(C)(C)OC. The van der Waals surface area contributed by atoms with Crippen LogP contribution in [-0.2, 0) is 4.74 Å². The van der Waals surface area contributed by atoms with E-state index in [9.17, 15) is 0 Å². The van der Waals surface area contributed by atoms with Crippen molar-refractivity contribution in [1.82, 2.24) is 5.32 Å². The third-order valence-electron chi connectivity index (χ3n) is 2.33. The number of ether oxygens (including phenoxy) is 1. The maximum absolute atomic E-state index is 5.39. The van der Waals surface area contributed by atoms with Crippen molar-refractivity contribution >= 4 is 0 Å². The molecule has 0 aliphatic heterocycles. The molecular formula is C11H21NO. The van der Waals surface area contributed by atoms with Gasteiger partial charge in [0.2, 0.25) is 0 Å². The molecule has 2 heteroatoms. The molecule has 0 spiro atoms. The largest absolute Gasteiger partial charge is 0.377 e. The summed E-state index contributed by atoms with van der Waals surface area (Å²) in [6.07, 6.45) is 7.13. The first kappa shape index (κ1) is 12.5. The Kier molecular flexibility index (Phi) is 5.77. The number of rotatable bonds is 6. The maximum Gasteiger partial charge on any atom is 0.0784 e. The van der Waals surface area contributed by atoms with Crippen LogP contribution < -0.4 is 5.32 Å². The van der Waals surface area contributed by atoms with Gasteiger partial charge < -0.3 is 10.1 Å². The Morgan fingerprint density at radius 2 is 2.15 bits per heavy atom. The smallest absolute Gasteiger partial charge is 0.0784 e. The second-order valence-electron chi connectivity index (χ2n) is 3.72. The quantitative estimate of drug-likeness (QED) is 0.634. The lowest BCUT2D eigenvalue weighted by Gasteiger charge is -2.32. The van der Waals surface area contributed by atoms with E-state index in [0.29, 0.717) is 6.42 Å². The molecule has 0 aromatic rings. The molecule has 0 aromatic carbocycles. The Labute approximate surface area is 82.1 Å². The summed E-state index contributed by atoms with van der Waals surface area (Å²) < 4.78 is 5.39. The van der Waals surface area contributed by atoms with E-state index in [1.807, 2.05) is 0 Å². The van der Waals surface area contributed by atoms with Crippen molar-refractivity contribution in [3.63, 3.8) is 0 Å². The molecule has 0 rings (SSSR count). The summed E-state index contributed by atoms with van der Waals surface area (Å²) in [7, 11) is 1.72. The normalized spacial score (nSPS) is 13.8. The molecule has 13 heavy (non-hydrogen) atoms. The number of hydrogen-bond donors (Lipinski definition) is 1. The number of hydrogen-bond acceptors (Lipinski definition) is 2. The molecule has 1 unspecified atom stereocenters. The number of nitrogens with one attached hydrogen (secondary N) is 1. The van der Waals surface area contributed by atoms with E-state index >= 15 is 0 Å². The van der Waals surface area contributed by atoms with Crippen molar-refractivity contribution in [3.8, 4) is 12.3 Å². The fourth-order valence-corrected chi connectivity index (χ4v) is 1.14. The van der Waals surface area contributed by atoms with E-state index in [1.54, 1.807) is 7.11 Å². The van der Waals surface area contributed by atoms with E-state index in [1.165, 1.54) is 0 Å². The van der Waals surface area contributed by atoms with Gasteiger partial charge in [0, 0.05) is 19.6 Å². The molecule has 0 aliphatic carbocycles. The number of methoxy groups -OCH3 is 1. The second kappa shape index (κ2) is 6.01. The lowest BCUT2D eigenvalue weighted by Crippen LogP contribution is -2.48. The van der Waals surface area contributed by atoms with Gasteiger partial charge in [-0.2, -0.15) is 0 Å². The summed E-state index contributed by atoms with van der Waals surface area (Å²) in [4.78, 5) is 0. The zero-order valence-electron chi connectivity index (χ0n) is 9.18. The minimum absolute atomic E-state index is 0.193. The van der Waals surface area contributed by atoms with Gasteiger partial charge in [-0.25, -0.2) is 0 Å². The van der Waals surface area contributed by atoms with E-state index in [0.717, 1.165) is 13.0 Å². The maximum atomic E-state index is 5.39. The first-order valence-corrected chi connectivity index (χ1v) is 4.80. The summed E-state index contributed by atoms with van der Waals surface area (Å²) in [5.41, 5.74) is -0.193. The molecule has 0 fully saturated rings. The van der Waals surface area contributed by atoms with Crippen LogP contribution in [0.3, 0.4) is 0 Å². The Morgan fingerprint density at radius 1 is 1.54 bits per heavy atom. The minimum atomic E-state index is -0.193. The zero-order valence-corrected chi connectivity index (χ0v) is 9.18. The second-order valence-corrected chi connectivity index (χ2v) is 3.72. The van der Waals surface area contributed by atoms with Crippen LogP contribution in [0.15, 0.2) is 0 Å². The average Bonchev–Trinajstić information content (AvgIpc) is 2.12. The molecule has 0 radical (unpaired) electrons. The van der Waals surface area contributed by atoms with Gasteiger partial charge in [-0.3, -0.25) is 0 Å². The lowest BCUT2D eigenvalue weighted by molar-refractivity contribution is -0.00865. The van der Waals surface area contributed by atoms with Gasteiger partial charge in [0.05, 0.1) is 5.60 Å². The summed E-state index contributed by atoms with van der Waals surface area (Å²) in [6.45, 7) is 7.23. The van der Waals surface area contributed by atoms with Crippen LogP contribution in [0.25, 0.3) is 0 Å². The van der Waals surface area contributed by atoms with Gasteiger partial charge in [0.1, 0.15) is 0 Å². The van der Waals surface area contributed by atoms with Gasteiger partial charge in [-0.05, 0) is 26.8 Å². The molecule has 0 bridgehead atoms. The Hall–Kier alpha value is -0.520. The van der Waals surface area contributed by atoms with E-state index in [2.05, 4.69) is 32.0 Å².